The maximum atomic E-state index is 12.1. The van der Waals surface area contributed by atoms with Crippen molar-refractivity contribution < 1.29 is 23.6 Å². The molecule has 2 fully saturated rings. The summed E-state index contributed by atoms with van der Waals surface area (Å²) in [7, 11) is 0. The molecule has 1 aromatic heterocycles. The van der Waals surface area contributed by atoms with E-state index >= 15 is 0 Å². The molecular formula is C14H19N3O5. The summed E-state index contributed by atoms with van der Waals surface area (Å²) in [6.07, 6.45) is 1.08. The Morgan fingerprint density at radius 3 is 2.59 bits per heavy atom. The molecule has 0 bridgehead atoms. The molecule has 0 saturated carbocycles. The summed E-state index contributed by atoms with van der Waals surface area (Å²) in [6, 6.07) is 1.60. The highest BCUT2D eigenvalue weighted by molar-refractivity contribution is 6.03. The van der Waals surface area contributed by atoms with E-state index in [1.807, 2.05) is 0 Å². The van der Waals surface area contributed by atoms with Crippen LogP contribution in [0.25, 0.3) is 0 Å². The Hall–Kier alpha value is -1.93. The molecule has 3 heterocycles. The van der Waals surface area contributed by atoms with Gasteiger partial charge >= 0.3 is 0 Å². The van der Waals surface area contributed by atoms with Crippen LogP contribution < -0.4 is 5.32 Å². The first kappa shape index (κ1) is 15.0. The van der Waals surface area contributed by atoms with Crippen LogP contribution in [-0.2, 0) is 19.1 Å². The van der Waals surface area contributed by atoms with Crippen LogP contribution in [0.15, 0.2) is 10.6 Å². The smallest absolute Gasteiger partial charge is 0.235 e. The van der Waals surface area contributed by atoms with Crippen LogP contribution in [0.1, 0.15) is 25.0 Å². The van der Waals surface area contributed by atoms with E-state index in [1.165, 1.54) is 0 Å². The third kappa shape index (κ3) is 3.28. The number of hydrogen-bond acceptors (Lipinski definition) is 6. The largest absolute Gasteiger partial charge is 0.360 e. The second-order valence-corrected chi connectivity index (χ2v) is 5.54. The third-order valence-corrected chi connectivity index (χ3v) is 3.90. The number of aryl methyl sites for hydroxylation is 1. The maximum Gasteiger partial charge on any atom is 0.235 e. The predicted molar refractivity (Wildman–Crippen MR) is 74.9 cm³/mol. The average Bonchev–Trinajstić information content (AvgIpc) is 3.09. The van der Waals surface area contributed by atoms with E-state index in [0.717, 1.165) is 0 Å². The van der Waals surface area contributed by atoms with Gasteiger partial charge in [0.15, 0.2) is 11.6 Å². The first-order chi connectivity index (χ1) is 10.6. The molecule has 0 aliphatic carbocycles. The molecule has 120 valence electrons. The van der Waals surface area contributed by atoms with Gasteiger partial charge in [0.2, 0.25) is 11.8 Å². The molecule has 2 saturated heterocycles. The van der Waals surface area contributed by atoms with Crippen molar-refractivity contribution in [2.24, 2.45) is 0 Å². The lowest BCUT2D eigenvalue weighted by Crippen LogP contribution is -2.47. The summed E-state index contributed by atoms with van der Waals surface area (Å²) in [6.45, 7) is 4.01. The molecule has 8 heteroatoms. The number of carbonyl (C=O) groups excluding carboxylic acids is 2. The highest BCUT2D eigenvalue weighted by Gasteiger charge is 2.40. The molecule has 8 nitrogen and oxygen atoms in total. The molecule has 3 rings (SSSR count). The van der Waals surface area contributed by atoms with Crippen LogP contribution >= 0.6 is 0 Å². The molecule has 1 N–H and O–H groups in total. The number of likely N-dealkylation sites (tertiary alicyclic amines) is 1. The fourth-order valence-corrected chi connectivity index (χ4v) is 2.74. The van der Waals surface area contributed by atoms with Crippen LogP contribution in [-0.4, -0.2) is 54.0 Å². The molecule has 2 aliphatic heterocycles. The molecule has 2 aliphatic rings. The van der Waals surface area contributed by atoms with Crippen LogP contribution in [0.4, 0.5) is 5.82 Å². The molecule has 0 radical (unpaired) electrons. The van der Waals surface area contributed by atoms with Crippen molar-refractivity contribution in [3.05, 3.63) is 11.8 Å². The highest BCUT2D eigenvalue weighted by Crippen LogP contribution is 2.31. The van der Waals surface area contributed by atoms with Crippen LogP contribution in [0, 0.1) is 6.92 Å². The van der Waals surface area contributed by atoms with Crippen molar-refractivity contribution in [3.8, 4) is 0 Å². The van der Waals surface area contributed by atoms with Crippen molar-refractivity contribution in [2.75, 3.05) is 31.6 Å². The lowest BCUT2D eigenvalue weighted by molar-refractivity contribution is -0.187. The zero-order valence-corrected chi connectivity index (χ0v) is 12.5. The van der Waals surface area contributed by atoms with Gasteiger partial charge in [-0.1, -0.05) is 5.16 Å². The summed E-state index contributed by atoms with van der Waals surface area (Å²) >= 11 is 0. The number of carbonyl (C=O) groups is 2. The van der Waals surface area contributed by atoms with Gasteiger partial charge in [0.05, 0.1) is 13.2 Å². The van der Waals surface area contributed by atoms with E-state index in [2.05, 4.69) is 10.5 Å². The molecule has 0 atom stereocenters. The average molecular weight is 309 g/mol. The molecule has 2 amide bonds. The van der Waals surface area contributed by atoms with Crippen molar-refractivity contribution in [3.63, 3.8) is 0 Å². The quantitative estimate of drug-likeness (QED) is 0.825. The minimum atomic E-state index is -0.517. The normalized spacial score (nSPS) is 20.3. The van der Waals surface area contributed by atoms with E-state index in [9.17, 15) is 9.59 Å². The molecule has 1 spiro atoms. The number of nitrogens with zero attached hydrogens (tertiary/aromatic N) is 2. The van der Waals surface area contributed by atoms with Gasteiger partial charge in [-0.25, -0.2) is 0 Å². The van der Waals surface area contributed by atoms with Gasteiger partial charge < -0.3 is 24.2 Å². The number of rotatable bonds is 3. The second kappa shape index (κ2) is 6.05. The number of nitrogens with one attached hydrogen (secondary N) is 1. The van der Waals surface area contributed by atoms with E-state index in [-0.39, 0.29) is 12.3 Å². The SMILES string of the molecule is Cc1cc(NC(=O)CC(=O)N2CCC3(CC2)OCCO3)no1. The van der Waals surface area contributed by atoms with Crippen LogP contribution in [0.5, 0.6) is 0 Å². The summed E-state index contributed by atoms with van der Waals surface area (Å²) in [5.41, 5.74) is 0. The summed E-state index contributed by atoms with van der Waals surface area (Å²) in [5.74, 6) is -0.199. The van der Waals surface area contributed by atoms with E-state index in [0.29, 0.717) is 50.7 Å². The predicted octanol–water partition coefficient (Wildman–Crippen LogP) is 0.677. The zero-order chi connectivity index (χ0) is 15.6. The number of anilines is 1. The molecule has 0 unspecified atom stereocenters. The van der Waals surface area contributed by atoms with Crippen LogP contribution in [0.2, 0.25) is 0 Å². The topological polar surface area (TPSA) is 93.9 Å². The lowest BCUT2D eigenvalue weighted by Gasteiger charge is -2.37. The highest BCUT2D eigenvalue weighted by atomic mass is 16.7. The summed E-state index contributed by atoms with van der Waals surface area (Å²) < 4.78 is 16.1. The Morgan fingerprint density at radius 1 is 1.32 bits per heavy atom. The molecule has 22 heavy (non-hydrogen) atoms. The lowest BCUT2D eigenvalue weighted by atomic mass is 10.0. The first-order valence-electron chi connectivity index (χ1n) is 7.35. The van der Waals surface area contributed by atoms with Gasteiger partial charge in [-0.3, -0.25) is 9.59 Å². The standard InChI is InChI=1S/C14H19N3O5/c1-10-8-11(16-22-10)15-12(18)9-13(19)17-4-2-14(3-5-17)20-6-7-21-14/h8H,2-7,9H2,1H3,(H,15,16,18). The fraction of sp³-hybridized carbons (Fsp3) is 0.643. The van der Waals surface area contributed by atoms with Gasteiger partial charge in [-0.2, -0.15) is 0 Å². The minimum Gasteiger partial charge on any atom is -0.360 e. The Bertz CT molecular complexity index is 555. The van der Waals surface area contributed by atoms with Gasteiger partial charge in [0.1, 0.15) is 12.2 Å². The Balaban J connectivity index is 1.47. The third-order valence-electron chi connectivity index (χ3n) is 3.90. The van der Waals surface area contributed by atoms with E-state index < -0.39 is 11.7 Å². The summed E-state index contributed by atoms with van der Waals surface area (Å²) in [4.78, 5) is 25.7. The number of piperidine rings is 1. The van der Waals surface area contributed by atoms with Crippen molar-refractivity contribution in [2.45, 2.75) is 32.0 Å². The van der Waals surface area contributed by atoms with Gasteiger partial charge in [0, 0.05) is 32.0 Å². The van der Waals surface area contributed by atoms with Crippen molar-refractivity contribution in [1.29, 1.82) is 0 Å². The van der Waals surface area contributed by atoms with Gasteiger partial charge in [-0.15, -0.1) is 0 Å². The minimum absolute atomic E-state index is 0.203. The van der Waals surface area contributed by atoms with Crippen molar-refractivity contribution >= 4 is 17.6 Å². The van der Waals surface area contributed by atoms with Crippen LogP contribution in [0.3, 0.4) is 0 Å². The Labute approximate surface area is 127 Å². The molecular weight excluding hydrogens is 290 g/mol. The first-order valence-corrected chi connectivity index (χ1v) is 7.35. The molecule has 1 aromatic rings. The van der Waals surface area contributed by atoms with Crippen molar-refractivity contribution in [1.82, 2.24) is 10.1 Å². The summed E-state index contributed by atoms with van der Waals surface area (Å²) in [5, 5.41) is 6.20. The van der Waals surface area contributed by atoms with Gasteiger partial charge in [-0.05, 0) is 6.92 Å². The van der Waals surface area contributed by atoms with E-state index in [4.69, 9.17) is 14.0 Å². The number of amides is 2. The maximum absolute atomic E-state index is 12.1. The van der Waals surface area contributed by atoms with Gasteiger partial charge in [0.25, 0.3) is 0 Å². The second-order valence-electron chi connectivity index (χ2n) is 5.54. The monoisotopic (exact) mass is 309 g/mol. The zero-order valence-electron chi connectivity index (χ0n) is 12.5. The Kier molecular flexibility index (Phi) is 4.12. The Morgan fingerprint density at radius 2 is 2.00 bits per heavy atom. The number of ether oxygens (including phenoxy) is 2. The number of aromatic nitrogens is 1. The fourth-order valence-electron chi connectivity index (χ4n) is 2.74. The van der Waals surface area contributed by atoms with E-state index in [1.54, 1.807) is 17.9 Å². The molecule has 0 aromatic carbocycles. The number of hydrogen-bond donors (Lipinski definition) is 1.